The molecule has 0 saturated carbocycles. The summed E-state index contributed by atoms with van der Waals surface area (Å²) in [5.74, 6) is 0.0654. The van der Waals surface area contributed by atoms with Crippen LogP contribution in [0.4, 0.5) is 4.39 Å². The number of fused-ring (bicyclic) bond motifs is 1. The first-order chi connectivity index (χ1) is 8.75. The third-order valence-corrected chi connectivity index (χ3v) is 3.63. The van der Waals surface area contributed by atoms with Crippen LogP contribution < -0.4 is 0 Å². The van der Waals surface area contributed by atoms with Gasteiger partial charge in [0.05, 0.1) is 0 Å². The number of nitrogens with zero attached hydrogens (tertiary/aromatic N) is 1. The summed E-state index contributed by atoms with van der Waals surface area (Å²) in [5.41, 5.74) is 3.18. The monoisotopic (exact) mass is 241 g/mol. The van der Waals surface area contributed by atoms with Crippen LogP contribution in [-0.2, 0) is 6.54 Å². The molecule has 1 aliphatic heterocycles. The highest BCUT2D eigenvalue weighted by Crippen LogP contribution is 2.34. The molecular formula is C16H16FN. The Labute approximate surface area is 107 Å². The van der Waals surface area contributed by atoms with Gasteiger partial charge in [-0.05, 0) is 24.2 Å². The van der Waals surface area contributed by atoms with Gasteiger partial charge < -0.3 is 4.90 Å². The molecule has 0 saturated heterocycles. The van der Waals surface area contributed by atoms with E-state index in [2.05, 4.69) is 24.1 Å². The van der Waals surface area contributed by atoms with Crippen LogP contribution >= 0.6 is 0 Å². The second-order valence-electron chi connectivity index (χ2n) is 4.97. The molecule has 0 bridgehead atoms. The van der Waals surface area contributed by atoms with Crippen molar-refractivity contribution >= 4 is 0 Å². The Morgan fingerprint density at radius 3 is 2.61 bits per heavy atom. The Morgan fingerprint density at radius 2 is 1.83 bits per heavy atom. The van der Waals surface area contributed by atoms with E-state index in [-0.39, 0.29) is 11.7 Å². The molecule has 0 radical (unpaired) electrons. The first kappa shape index (κ1) is 11.4. The lowest BCUT2D eigenvalue weighted by Crippen LogP contribution is -2.31. The van der Waals surface area contributed by atoms with Gasteiger partial charge in [0.2, 0.25) is 0 Å². The first-order valence-electron chi connectivity index (χ1n) is 6.26. The van der Waals surface area contributed by atoms with Crippen molar-refractivity contribution in [2.24, 2.45) is 0 Å². The molecule has 0 amide bonds. The second-order valence-corrected chi connectivity index (χ2v) is 4.97. The Hall–Kier alpha value is -1.67. The van der Waals surface area contributed by atoms with Gasteiger partial charge in [0.25, 0.3) is 0 Å². The highest BCUT2D eigenvalue weighted by Gasteiger charge is 2.27. The lowest BCUT2D eigenvalue weighted by Gasteiger charge is -2.32. The van der Waals surface area contributed by atoms with E-state index in [1.807, 2.05) is 24.3 Å². The zero-order valence-corrected chi connectivity index (χ0v) is 10.4. The van der Waals surface area contributed by atoms with Gasteiger partial charge >= 0.3 is 0 Å². The lowest BCUT2D eigenvalue weighted by molar-refractivity contribution is 0.290. The summed E-state index contributed by atoms with van der Waals surface area (Å²) in [6.45, 7) is 1.70. The Balaban J connectivity index is 2.13. The van der Waals surface area contributed by atoms with Gasteiger partial charge in [0.1, 0.15) is 5.82 Å². The predicted octanol–water partition coefficient (Wildman–Crippen LogP) is 3.40. The van der Waals surface area contributed by atoms with E-state index in [4.69, 9.17) is 0 Å². The minimum absolute atomic E-state index is 0.0746. The van der Waals surface area contributed by atoms with Crippen LogP contribution in [0.25, 0.3) is 0 Å². The SMILES string of the molecule is CN1Cc2cccc(F)c2[C@@H](c2ccccc2)C1. The molecule has 0 unspecified atom stereocenters. The topological polar surface area (TPSA) is 3.24 Å². The smallest absolute Gasteiger partial charge is 0.127 e. The van der Waals surface area contributed by atoms with E-state index in [1.165, 1.54) is 5.56 Å². The van der Waals surface area contributed by atoms with Crippen molar-refractivity contribution in [1.82, 2.24) is 4.90 Å². The number of rotatable bonds is 1. The highest BCUT2D eigenvalue weighted by molar-refractivity contribution is 5.41. The first-order valence-corrected chi connectivity index (χ1v) is 6.26. The van der Waals surface area contributed by atoms with Gasteiger partial charge in [-0.25, -0.2) is 4.39 Å². The Morgan fingerprint density at radius 1 is 1.06 bits per heavy atom. The normalized spacial score (nSPS) is 19.6. The van der Waals surface area contributed by atoms with Gasteiger partial charge in [0, 0.05) is 24.6 Å². The summed E-state index contributed by atoms with van der Waals surface area (Å²) in [7, 11) is 2.09. The van der Waals surface area contributed by atoms with Crippen LogP contribution in [0.5, 0.6) is 0 Å². The largest absolute Gasteiger partial charge is 0.301 e. The average Bonchev–Trinajstić information content (AvgIpc) is 2.39. The molecule has 1 heterocycles. The van der Waals surface area contributed by atoms with E-state index in [9.17, 15) is 4.39 Å². The minimum atomic E-state index is -0.0746. The van der Waals surface area contributed by atoms with Gasteiger partial charge in [-0.1, -0.05) is 42.5 Å². The molecule has 2 aromatic rings. The molecular weight excluding hydrogens is 225 g/mol. The minimum Gasteiger partial charge on any atom is -0.301 e. The molecule has 2 heteroatoms. The van der Waals surface area contributed by atoms with E-state index < -0.39 is 0 Å². The molecule has 0 aliphatic carbocycles. The molecule has 18 heavy (non-hydrogen) atoms. The van der Waals surface area contributed by atoms with Crippen molar-refractivity contribution in [3.63, 3.8) is 0 Å². The molecule has 1 atom stereocenters. The summed E-state index contributed by atoms with van der Waals surface area (Å²) in [4.78, 5) is 2.25. The van der Waals surface area contributed by atoms with Crippen molar-refractivity contribution in [3.8, 4) is 0 Å². The number of halogens is 1. The zero-order valence-electron chi connectivity index (χ0n) is 10.4. The number of hydrogen-bond acceptors (Lipinski definition) is 1. The van der Waals surface area contributed by atoms with Crippen LogP contribution in [-0.4, -0.2) is 18.5 Å². The van der Waals surface area contributed by atoms with Crippen LogP contribution in [0.2, 0.25) is 0 Å². The summed E-state index contributed by atoms with van der Waals surface area (Å²) >= 11 is 0. The van der Waals surface area contributed by atoms with Gasteiger partial charge in [0.15, 0.2) is 0 Å². The third kappa shape index (κ3) is 1.93. The standard InChI is InChI=1S/C16H16FN/c1-18-10-13-8-5-9-15(17)16(13)14(11-18)12-6-3-2-4-7-12/h2-9,14H,10-11H2,1H3/t14-/m1/s1. The maximum Gasteiger partial charge on any atom is 0.127 e. The van der Waals surface area contributed by atoms with Crippen LogP contribution in [0.1, 0.15) is 22.6 Å². The fraction of sp³-hybridized carbons (Fsp3) is 0.250. The van der Waals surface area contributed by atoms with Crippen LogP contribution in [0.3, 0.4) is 0 Å². The van der Waals surface area contributed by atoms with Gasteiger partial charge in [-0.2, -0.15) is 0 Å². The molecule has 0 fully saturated rings. The fourth-order valence-electron chi connectivity index (χ4n) is 2.83. The lowest BCUT2D eigenvalue weighted by atomic mass is 9.84. The second kappa shape index (κ2) is 4.54. The molecule has 3 rings (SSSR count). The molecule has 0 aromatic heterocycles. The van der Waals surface area contributed by atoms with Gasteiger partial charge in [-0.3, -0.25) is 0 Å². The maximum atomic E-state index is 14.1. The molecule has 92 valence electrons. The van der Waals surface area contributed by atoms with E-state index >= 15 is 0 Å². The van der Waals surface area contributed by atoms with Crippen LogP contribution in [0, 0.1) is 5.82 Å². The third-order valence-electron chi connectivity index (χ3n) is 3.63. The van der Waals surface area contributed by atoms with Crippen molar-refractivity contribution in [2.75, 3.05) is 13.6 Å². The summed E-state index contributed by atoms with van der Waals surface area (Å²) in [6, 6.07) is 15.6. The Kier molecular flexibility index (Phi) is 2.88. The predicted molar refractivity (Wildman–Crippen MR) is 71.0 cm³/mol. The van der Waals surface area contributed by atoms with Crippen molar-refractivity contribution in [3.05, 3.63) is 71.0 Å². The number of hydrogen-bond donors (Lipinski definition) is 0. The van der Waals surface area contributed by atoms with E-state index in [1.54, 1.807) is 12.1 Å². The van der Waals surface area contributed by atoms with Crippen LogP contribution in [0.15, 0.2) is 48.5 Å². The van der Waals surface area contributed by atoms with E-state index in [0.29, 0.717) is 0 Å². The van der Waals surface area contributed by atoms with Crippen molar-refractivity contribution in [2.45, 2.75) is 12.5 Å². The van der Waals surface area contributed by atoms with Crippen molar-refractivity contribution < 1.29 is 4.39 Å². The summed E-state index contributed by atoms with van der Waals surface area (Å²) in [6.07, 6.45) is 0. The molecule has 0 spiro atoms. The number of likely N-dealkylation sites (N-methyl/N-ethyl adjacent to an activating group) is 1. The van der Waals surface area contributed by atoms with Gasteiger partial charge in [-0.15, -0.1) is 0 Å². The summed E-state index contributed by atoms with van der Waals surface area (Å²) in [5, 5.41) is 0. The molecule has 1 aliphatic rings. The maximum absolute atomic E-state index is 14.1. The fourth-order valence-corrected chi connectivity index (χ4v) is 2.83. The molecule has 2 aromatic carbocycles. The van der Waals surface area contributed by atoms with Crippen molar-refractivity contribution in [1.29, 1.82) is 0 Å². The molecule has 0 N–H and O–H groups in total. The molecule has 1 nitrogen and oxygen atoms in total. The Bertz CT molecular complexity index is 550. The average molecular weight is 241 g/mol. The zero-order chi connectivity index (χ0) is 12.5. The highest BCUT2D eigenvalue weighted by atomic mass is 19.1. The van der Waals surface area contributed by atoms with E-state index in [0.717, 1.165) is 24.2 Å². The number of benzene rings is 2. The quantitative estimate of drug-likeness (QED) is 0.739. The summed E-state index contributed by atoms with van der Waals surface area (Å²) < 4.78 is 14.1.